The quantitative estimate of drug-likeness (QED) is 0.912. The monoisotopic (exact) mass is 272 g/mol. The van der Waals surface area contributed by atoms with Crippen LogP contribution in [0.3, 0.4) is 0 Å². The second kappa shape index (κ2) is 6.73. The molecule has 0 bridgehead atoms. The second-order valence-electron chi connectivity index (χ2n) is 6.66. The molecule has 2 heteroatoms. The fraction of sp³-hybridized carbons (Fsp3) is 0.667. The Labute approximate surface area is 123 Å². The van der Waals surface area contributed by atoms with Gasteiger partial charge in [-0.3, -0.25) is 0 Å². The molecule has 1 saturated carbocycles. The van der Waals surface area contributed by atoms with Gasteiger partial charge >= 0.3 is 0 Å². The Bertz CT molecular complexity index is 395. The maximum atomic E-state index is 5.93. The fourth-order valence-electron chi connectivity index (χ4n) is 4.21. The van der Waals surface area contributed by atoms with Gasteiger partial charge < -0.3 is 10.6 Å². The molecule has 2 atom stereocenters. The van der Waals surface area contributed by atoms with E-state index in [1.807, 2.05) is 0 Å². The van der Waals surface area contributed by atoms with Crippen LogP contribution in [0, 0.1) is 11.8 Å². The van der Waals surface area contributed by atoms with Crippen LogP contribution in [0.15, 0.2) is 30.3 Å². The highest BCUT2D eigenvalue weighted by molar-refractivity contribution is 5.15. The summed E-state index contributed by atoms with van der Waals surface area (Å²) in [6, 6.07) is 11.8. The van der Waals surface area contributed by atoms with Gasteiger partial charge in [-0.15, -0.1) is 0 Å². The average Bonchev–Trinajstić information content (AvgIpc) is 2.98. The molecule has 2 aliphatic rings. The van der Waals surface area contributed by atoms with Crippen LogP contribution in [-0.4, -0.2) is 30.6 Å². The van der Waals surface area contributed by atoms with Crippen molar-refractivity contribution in [3.05, 3.63) is 35.9 Å². The van der Waals surface area contributed by atoms with Crippen molar-refractivity contribution in [2.24, 2.45) is 17.6 Å². The normalized spacial score (nSPS) is 28.9. The zero-order valence-electron chi connectivity index (χ0n) is 12.5. The van der Waals surface area contributed by atoms with E-state index in [0.717, 1.165) is 24.4 Å². The number of hydrogen-bond acceptors (Lipinski definition) is 2. The molecule has 0 spiro atoms. The smallest absolute Gasteiger partial charge is 0.0136 e. The Morgan fingerprint density at radius 2 is 1.75 bits per heavy atom. The molecular weight excluding hydrogens is 244 g/mol. The van der Waals surface area contributed by atoms with E-state index in [9.17, 15) is 0 Å². The molecule has 1 saturated heterocycles. The van der Waals surface area contributed by atoms with Crippen LogP contribution in [0.5, 0.6) is 0 Å². The summed E-state index contributed by atoms with van der Waals surface area (Å²) < 4.78 is 0. The Kier molecular flexibility index (Phi) is 4.74. The van der Waals surface area contributed by atoms with Crippen molar-refractivity contribution in [2.45, 2.75) is 44.6 Å². The molecule has 2 nitrogen and oxygen atoms in total. The van der Waals surface area contributed by atoms with Crippen LogP contribution >= 0.6 is 0 Å². The summed E-state index contributed by atoms with van der Waals surface area (Å²) in [5.74, 6) is 1.65. The van der Waals surface area contributed by atoms with Crippen molar-refractivity contribution >= 4 is 0 Å². The molecule has 0 amide bonds. The summed E-state index contributed by atoms with van der Waals surface area (Å²) in [6.07, 6.45) is 8.11. The molecule has 2 unspecified atom stereocenters. The van der Waals surface area contributed by atoms with E-state index in [-0.39, 0.29) is 0 Å². The van der Waals surface area contributed by atoms with Crippen molar-refractivity contribution < 1.29 is 0 Å². The third-order valence-electron chi connectivity index (χ3n) is 5.41. The van der Waals surface area contributed by atoms with Gasteiger partial charge in [0.05, 0.1) is 0 Å². The summed E-state index contributed by atoms with van der Waals surface area (Å²) in [5, 5.41) is 0. The van der Waals surface area contributed by atoms with Crippen molar-refractivity contribution in [3.63, 3.8) is 0 Å². The van der Waals surface area contributed by atoms with E-state index >= 15 is 0 Å². The van der Waals surface area contributed by atoms with E-state index in [0.29, 0.717) is 0 Å². The van der Waals surface area contributed by atoms with Crippen molar-refractivity contribution in [1.29, 1.82) is 0 Å². The van der Waals surface area contributed by atoms with Crippen molar-refractivity contribution in [1.82, 2.24) is 4.90 Å². The summed E-state index contributed by atoms with van der Waals surface area (Å²) in [4.78, 5) is 2.74. The number of likely N-dealkylation sites (tertiary alicyclic amines) is 1. The van der Waals surface area contributed by atoms with Crippen LogP contribution in [0.2, 0.25) is 0 Å². The fourth-order valence-corrected chi connectivity index (χ4v) is 4.21. The van der Waals surface area contributed by atoms with Gasteiger partial charge in [0, 0.05) is 6.04 Å². The molecule has 3 rings (SSSR count). The van der Waals surface area contributed by atoms with Gasteiger partial charge in [-0.2, -0.15) is 0 Å². The molecule has 20 heavy (non-hydrogen) atoms. The summed E-state index contributed by atoms with van der Waals surface area (Å²) >= 11 is 0. The van der Waals surface area contributed by atoms with E-state index in [2.05, 4.69) is 35.2 Å². The van der Waals surface area contributed by atoms with Crippen LogP contribution in [0.25, 0.3) is 0 Å². The predicted molar refractivity (Wildman–Crippen MR) is 84.6 cm³/mol. The summed E-state index contributed by atoms with van der Waals surface area (Å²) in [6.45, 7) is 3.46. The van der Waals surface area contributed by atoms with Crippen LogP contribution < -0.4 is 5.73 Å². The topological polar surface area (TPSA) is 29.3 Å². The third-order valence-corrected chi connectivity index (χ3v) is 5.41. The Morgan fingerprint density at radius 1 is 1.00 bits per heavy atom. The number of hydrogen-bond donors (Lipinski definition) is 1. The average molecular weight is 272 g/mol. The van der Waals surface area contributed by atoms with Crippen LogP contribution in [0.1, 0.15) is 37.7 Å². The Balaban J connectivity index is 1.49. The standard InChI is InChI=1S/C18H28N2/c19-14-17-7-4-8-18(17)20-11-9-16(10-12-20)13-15-5-2-1-3-6-15/h1-3,5-6,16-18H,4,7-14,19H2. The first-order valence-electron chi connectivity index (χ1n) is 8.35. The largest absolute Gasteiger partial charge is 0.330 e. The van der Waals surface area contributed by atoms with Gasteiger partial charge in [-0.25, -0.2) is 0 Å². The number of nitrogens with zero attached hydrogens (tertiary/aromatic N) is 1. The molecule has 1 aromatic rings. The molecule has 110 valence electrons. The Morgan fingerprint density at radius 3 is 2.45 bits per heavy atom. The molecule has 1 aliphatic heterocycles. The lowest BCUT2D eigenvalue weighted by Gasteiger charge is -2.38. The highest BCUT2D eigenvalue weighted by atomic mass is 15.2. The van der Waals surface area contributed by atoms with Gasteiger partial charge in [-0.1, -0.05) is 36.8 Å². The molecular formula is C18H28N2. The SMILES string of the molecule is NCC1CCCC1N1CCC(Cc2ccccc2)CC1. The highest BCUT2D eigenvalue weighted by Crippen LogP contribution is 2.32. The maximum absolute atomic E-state index is 5.93. The summed E-state index contributed by atoms with van der Waals surface area (Å²) in [7, 11) is 0. The van der Waals surface area contributed by atoms with Crippen LogP contribution in [-0.2, 0) is 6.42 Å². The lowest BCUT2D eigenvalue weighted by Crippen LogP contribution is -2.45. The van der Waals surface area contributed by atoms with Crippen molar-refractivity contribution in [2.75, 3.05) is 19.6 Å². The van der Waals surface area contributed by atoms with Gasteiger partial charge in [0.15, 0.2) is 0 Å². The van der Waals surface area contributed by atoms with Gasteiger partial charge in [0.1, 0.15) is 0 Å². The van der Waals surface area contributed by atoms with Crippen molar-refractivity contribution in [3.8, 4) is 0 Å². The van der Waals surface area contributed by atoms with Gasteiger partial charge in [-0.05, 0) is 69.1 Å². The van der Waals surface area contributed by atoms with Gasteiger partial charge in [0.25, 0.3) is 0 Å². The number of nitrogens with two attached hydrogens (primary N) is 1. The maximum Gasteiger partial charge on any atom is 0.0136 e. The van der Waals surface area contributed by atoms with Gasteiger partial charge in [0.2, 0.25) is 0 Å². The molecule has 2 fully saturated rings. The first-order chi connectivity index (χ1) is 9.86. The molecule has 1 aromatic carbocycles. The lowest BCUT2D eigenvalue weighted by molar-refractivity contribution is 0.110. The number of benzene rings is 1. The summed E-state index contributed by atoms with van der Waals surface area (Å²) in [5.41, 5.74) is 7.44. The van der Waals surface area contributed by atoms with E-state index < -0.39 is 0 Å². The predicted octanol–water partition coefficient (Wildman–Crippen LogP) is 3.07. The zero-order valence-corrected chi connectivity index (χ0v) is 12.5. The number of rotatable bonds is 4. The minimum absolute atomic E-state index is 0.765. The first-order valence-corrected chi connectivity index (χ1v) is 8.35. The van der Waals surface area contributed by atoms with E-state index in [1.165, 1.54) is 57.2 Å². The first kappa shape index (κ1) is 14.1. The molecule has 1 aliphatic carbocycles. The minimum Gasteiger partial charge on any atom is -0.330 e. The van der Waals surface area contributed by atoms with E-state index in [1.54, 1.807) is 0 Å². The van der Waals surface area contributed by atoms with E-state index in [4.69, 9.17) is 5.73 Å². The molecule has 2 N–H and O–H groups in total. The number of piperidine rings is 1. The van der Waals surface area contributed by atoms with Crippen LogP contribution in [0.4, 0.5) is 0 Å². The molecule has 0 aromatic heterocycles. The third kappa shape index (κ3) is 3.24. The highest BCUT2D eigenvalue weighted by Gasteiger charge is 2.33. The Hall–Kier alpha value is -0.860. The second-order valence-corrected chi connectivity index (χ2v) is 6.66. The minimum atomic E-state index is 0.765. The zero-order chi connectivity index (χ0) is 13.8. The molecule has 1 heterocycles. The molecule has 0 radical (unpaired) electrons. The lowest BCUT2D eigenvalue weighted by atomic mass is 9.88.